The monoisotopic (exact) mass is 376 g/mol. The van der Waals surface area contributed by atoms with Crippen molar-refractivity contribution in [3.63, 3.8) is 0 Å². The molecule has 0 bridgehead atoms. The van der Waals surface area contributed by atoms with E-state index in [0.717, 1.165) is 6.54 Å². The SMILES string of the molecule is Cc1ccc(SC(Cn2ccnc2)Sc2ccc(C)cc2)cc1.Cl. The maximum Gasteiger partial charge on any atom is 0.0946 e. The first-order chi connectivity index (χ1) is 11.2. The van der Waals surface area contributed by atoms with Crippen LogP contribution in [0.25, 0.3) is 0 Å². The molecule has 0 saturated carbocycles. The Kier molecular flexibility index (Phi) is 7.28. The minimum absolute atomic E-state index is 0. The van der Waals surface area contributed by atoms with Crippen LogP contribution in [0.15, 0.2) is 77.0 Å². The lowest BCUT2D eigenvalue weighted by atomic mass is 10.2. The zero-order valence-electron chi connectivity index (χ0n) is 13.8. The number of halogens is 1. The Labute approximate surface area is 158 Å². The van der Waals surface area contributed by atoms with Gasteiger partial charge in [0, 0.05) is 28.7 Å². The van der Waals surface area contributed by atoms with Crippen molar-refractivity contribution in [3.05, 3.63) is 78.4 Å². The van der Waals surface area contributed by atoms with Crippen LogP contribution < -0.4 is 0 Å². The van der Waals surface area contributed by atoms with Crippen LogP contribution in [-0.4, -0.2) is 14.1 Å². The molecule has 0 radical (unpaired) electrons. The van der Waals surface area contributed by atoms with E-state index in [-0.39, 0.29) is 12.4 Å². The maximum absolute atomic E-state index is 4.16. The zero-order valence-corrected chi connectivity index (χ0v) is 16.2. The van der Waals surface area contributed by atoms with Gasteiger partial charge >= 0.3 is 0 Å². The van der Waals surface area contributed by atoms with E-state index in [1.54, 1.807) is 0 Å². The van der Waals surface area contributed by atoms with Gasteiger partial charge in [-0.15, -0.1) is 35.9 Å². The van der Waals surface area contributed by atoms with E-state index in [4.69, 9.17) is 0 Å². The fraction of sp³-hybridized carbons (Fsp3) is 0.211. The molecular formula is C19H21ClN2S2. The molecule has 0 aliphatic heterocycles. The number of imidazole rings is 1. The molecule has 1 heterocycles. The molecule has 0 saturated heterocycles. The van der Waals surface area contributed by atoms with Gasteiger partial charge in [0.25, 0.3) is 0 Å². The van der Waals surface area contributed by atoms with E-state index in [2.05, 4.69) is 71.9 Å². The molecular weight excluding hydrogens is 356 g/mol. The molecule has 2 nitrogen and oxygen atoms in total. The molecule has 0 amide bonds. The highest BCUT2D eigenvalue weighted by atomic mass is 35.5. The fourth-order valence-corrected chi connectivity index (χ4v) is 4.75. The van der Waals surface area contributed by atoms with Gasteiger partial charge in [-0.25, -0.2) is 4.98 Å². The van der Waals surface area contributed by atoms with E-state index in [0.29, 0.717) is 4.58 Å². The largest absolute Gasteiger partial charge is 0.336 e. The highest BCUT2D eigenvalue weighted by Crippen LogP contribution is 2.36. The number of benzene rings is 2. The van der Waals surface area contributed by atoms with Crippen molar-refractivity contribution >= 4 is 35.9 Å². The number of aromatic nitrogens is 2. The van der Waals surface area contributed by atoms with Gasteiger partial charge in [-0.1, -0.05) is 35.4 Å². The van der Waals surface area contributed by atoms with Gasteiger partial charge in [0.15, 0.2) is 0 Å². The number of nitrogens with zero attached hydrogens (tertiary/aromatic N) is 2. The van der Waals surface area contributed by atoms with E-state index in [9.17, 15) is 0 Å². The lowest BCUT2D eigenvalue weighted by Crippen LogP contribution is -2.08. The molecule has 126 valence electrons. The summed E-state index contributed by atoms with van der Waals surface area (Å²) < 4.78 is 2.54. The molecule has 3 aromatic rings. The first kappa shape index (κ1) is 19.0. The molecule has 0 fully saturated rings. The maximum atomic E-state index is 4.16. The van der Waals surface area contributed by atoms with Gasteiger partial charge in [-0.05, 0) is 38.1 Å². The quantitative estimate of drug-likeness (QED) is 0.398. The molecule has 0 N–H and O–H groups in total. The summed E-state index contributed by atoms with van der Waals surface area (Å²) in [4.78, 5) is 6.77. The van der Waals surface area contributed by atoms with Gasteiger partial charge in [-0.3, -0.25) is 0 Å². The summed E-state index contributed by atoms with van der Waals surface area (Å²) >= 11 is 3.82. The number of hydrogen-bond donors (Lipinski definition) is 0. The minimum Gasteiger partial charge on any atom is -0.336 e. The Morgan fingerprint density at radius 2 is 1.38 bits per heavy atom. The highest BCUT2D eigenvalue weighted by Gasteiger charge is 2.13. The Hall–Kier alpha value is -1.36. The predicted molar refractivity (Wildman–Crippen MR) is 107 cm³/mol. The topological polar surface area (TPSA) is 17.8 Å². The summed E-state index contributed by atoms with van der Waals surface area (Å²) in [5, 5.41) is 0. The van der Waals surface area contributed by atoms with Crippen molar-refractivity contribution in [1.82, 2.24) is 9.55 Å². The van der Waals surface area contributed by atoms with Crippen molar-refractivity contribution in [2.24, 2.45) is 0 Å². The third-order valence-electron chi connectivity index (χ3n) is 3.50. The highest BCUT2D eigenvalue weighted by molar-refractivity contribution is 8.17. The molecule has 3 rings (SSSR count). The number of hydrogen-bond acceptors (Lipinski definition) is 3. The van der Waals surface area contributed by atoms with Crippen LogP contribution in [0.4, 0.5) is 0 Å². The molecule has 1 aromatic heterocycles. The summed E-state index contributed by atoms with van der Waals surface area (Å²) in [5.41, 5.74) is 2.60. The zero-order chi connectivity index (χ0) is 16.1. The fourth-order valence-electron chi connectivity index (χ4n) is 2.20. The normalized spacial score (nSPS) is 10.6. The molecule has 0 spiro atoms. The Balaban J connectivity index is 0.00000208. The van der Waals surface area contributed by atoms with Crippen molar-refractivity contribution in [1.29, 1.82) is 0 Å². The minimum atomic E-state index is 0. The van der Waals surface area contributed by atoms with Crippen LogP contribution in [0.2, 0.25) is 0 Å². The third kappa shape index (κ3) is 5.62. The number of thioether (sulfide) groups is 2. The van der Waals surface area contributed by atoms with Gasteiger partial charge < -0.3 is 4.57 Å². The Morgan fingerprint density at radius 3 is 1.79 bits per heavy atom. The van der Waals surface area contributed by atoms with Crippen molar-refractivity contribution in [2.75, 3.05) is 0 Å². The predicted octanol–water partition coefficient (Wildman–Crippen LogP) is 5.83. The average molecular weight is 377 g/mol. The van der Waals surface area contributed by atoms with Gasteiger partial charge in [0.05, 0.1) is 10.9 Å². The number of rotatable bonds is 6. The van der Waals surface area contributed by atoms with Crippen molar-refractivity contribution in [2.45, 2.75) is 34.8 Å². The molecule has 0 aliphatic rings. The van der Waals surface area contributed by atoms with Crippen LogP contribution in [0.3, 0.4) is 0 Å². The first-order valence-corrected chi connectivity index (χ1v) is 9.37. The second kappa shape index (κ2) is 9.21. The van der Waals surface area contributed by atoms with Crippen LogP contribution >= 0.6 is 35.9 Å². The molecule has 0 aliphatic carbocycles. The van der Waals surface area contributed by atoms with Gasteiger partial charge in [-0.2, -0.15) is 0 Å². The average Bonchev–Trinajstić information content (AvgIpc) is 3.05. The Morgan fingerprint density at radius 1 is 0.875 bits per heavy atom. The lowest BCUT2D eigenvalue weighted by Gasteiger charge is -2.17. The molecule has 0 unspecified atom stereocenters. The molecule has 0 atom stereocenters. The summed E-state index contributed by atoms with van der Waals surface area (Å²) in [6.07, 6.45) is 5.75. The van der Waals surface area contributed by atoms with Crippen molar-refractivity contribution in [3.8, 4) is 0 Å². The van der Waals surface area contributed by atoms with Gasteiger partial charge in [0.1, 0.15) is 0 Å². The van der Waals surface area contributed by atoms with Crippen LogP contribution in [0.5, 0.6) is 0 Å². The van der Waals surface area contributed by atoms with E-state index < -0.39 is 0 Å². The molecule has 24 heavy (non-hydrogen) atoms. The Bertz CT molecular complexity index is 678. The van der Waals surface area contributed by atoms with E-state index >= 15 is 0 Å². The van der Waals surface area contributed by atoms with Crippen LogP contribution in [-0.2, 0) is 6.54 Å². The van der Waals surface area contributed by atoms with Crippen molar-refractivity contribution < 1.29 is 0 Å². The van der Waals surface area contributed by atoms with E-state index in [1.165, 1.54) is 20.9 Å². The second-order valence-corrected chi connectivity index (χ2v) is 8.40. The molecule has 5 heteroatoms. The standard InChI is InChI=1S/C19H20N2S2.ClH/c1-15-3-7-17(8-4-15)22-19(13-21-12-11-20-14-21)23-18-9-5-16(2)6-10-18;/h3-12,14,19H,13H2,1-2H3;1H. The number of aryl methyl sites for hydroxylation is 2. The summed E-state index contributed by atoms with van der Waals surface area (Å²) in [6.45, 7) is 5.17. The van der Waals surface area contributed by atoms with E-state index in [1.807, 2.05) is 42.2 Å². The smallest absolute Gasteiger partial charge is 0.0946 e. The summed E-state index contributed by atoms with van der Waals surface area (Å²) in [7, 11) is 0. The summed E-state index contributed by atoms with van der Waals surface area (Å²) in [5.74, 6) is 0. The van der Waals surface area contributed by atoms with Crippen LogP contribution in [0, 0.1) is 13.8 Å². The van der Waals surface area contributed by atoms with Gasteiger partial charge in [0.2, 0.25) is 0 Å². The van der Waals surface area contributed by atoms with Crippen LogP contribution in [0.1, 0.15) is 11.1 Å². The molecule has 2 aromatic carbocycles. The summed E-state index contributed by atoms with van der Waals surface area (Å²) in [6, 6.07) is 17.5. The lowest BCUT2D eigenvalue weighted by molar-refractivity contribution is 0.750. The first-order valence-electron chi connectivity index (χ1n) is 7.61. The third-order valence-corrected chi connectivity index (χ3v) is 5.99. The second-order valence-electron chi connectivity index (χ2n) is 5.55.